The number of hydrogen-bond donors (Lipinski definition) is 2. The molecule has 1 aliphatic rings. The fraction of sp³-hybridized carbons (Fsp3) is 0.375. The van der Waals surface area contributed by atoms with Crippen LogP contribution in [-0.2, 0) is 11.2 Å². The standard InChI is InChI=1S/C16H18BrN3OS.ClH/c1-10-7-11(4-5-13(10)17)8-12-9-19-16(22-12)20-15(21)14-3-2-6-18-14;/h4-5,7,9,14,18H,2-3,6,8H2,1H3,(H,19,20,21);1H. The van der Waals surface area contributed by atoms with Gasteiger partial charge in [-0.25, -0.2) is 4.98 Å². The second kappa shape index (κ2) is 8.24. The summed E-state index contributed by atoms with van der Waals surface area (Å²) in [5.74, 6) is 0.0258. The van der Waals surface area contributed by atoms with Crippen molar-refractivity contribution < 1.29 is 4.79 Å². The molecule has 1 aromatic heterocycles. The van der Waals surface area contributed by atoms with E-state index in [4.69, 9.17) is 0 Å². The van der Waals surface area contributed by atoms with E-state index in [1.54, 1.807) is 11.3 Å². The van der Waals surface area contributed by atoms with Gasteiger partial charge in [0.05, 0.1) is 6.04 Å². The molecular formula is C16H19BrClN3OS. The molecule has 1 fully saturated rings. The quantitative estimate of drug-likeness (QED) is 0.794. The highest BCUT2D eigenvalue weighted by atomic mass is 79.9. The minimum Gasteiger partial charge on any atom is -0.306 e. The van der Waals surface area contributed by atoms with Gasteiger partial charge in [-0.2, -0.15) is 0 Å². The number of carbonyl (C=O) groups excluding carboxylic acids is 1. The highest BCUT2D eigenvalue weighted by molar-refractivity contribution is 9.10. The SMILES string of the molecule is Cc1cc(Cc2cnc(NC(=O)C3CCCN3)s2)ccc1Br.Cl. The zero-order chi connectivity index (χ0) is 15.5. The molecule has 2 aromatic rings. The van der Waals surface area contributed by atoms with Crippen molar-refractivity contribution >= 4 is 50.7 Å². The summed E-state index contributed by atoms with van der Waals surface area (Å²) >= 11 is 5.06. The molecule has 1 aromatic carbocycles. The Morgan fingerprint density at radius 2 is 2.35 bits per heavy atom. The molecule has 3 rings (SSSR count). The van der Waals surface area contributed by atoms with Gasteiger partial charge in [-0.05, 0) is 43.5 Å². The Balaban J connectivity index is 0.00000192. The number of rotatable bonds is 4. The van der Waals surface area contributed by atoms with Gasteiger partial charge in [0.2, 0.25) is 5.91 Å². The van der Waals surface area contributed by atoms with E-state index in [1.165, 1.54) is 11.1 Å². The predicted octanol–water partition coefficient (Wildman–Crippen LogP) is 3.92. The zero-order valence-electron chi connectivity index (χ0n) is 12.8. The van der Waals surface area contributed by atoms with E-state index < -0.39 is 0 Å². The minimum absolute atomic E-state index is 0. The number of nitrogens with zero attached hydrogens (tertiary/aromatic N) is 1. The Morgan fingerprint density at radius 1 is 1.52 bits per heavy atom. The van der Waals surface area contributed by atoms with Gasteiger partial charge in [-0.1, -0.05) is 28.1 Å². The van der Waals surface area contributed by atoms with Gasteiger partial charge >= 0.3 is 0 Å². The fourth-order valence-electron chi connectivity index (χ4n) is 2.57. The lowest BCUT2D eigenvalue weighted by Gasteiger charge is -2.08. The van der Waals surface area contributed by atoms with Crippen molar-refractivity contribution in [2.75, 3.05) is 11.9 Å². The Hall–Kier alpha value is -0.950. The summed E-state index contributed by atoms with van der Waals surface area (Å²) in [4.78, 5) is 17.5. The number of carbonyl (C=O) groups is 1. The molecule has 2 N–H and O–H groups in total. The molecule has 0 saturated carbocycles. The van der Waals surface area contributed by atoms with Crippen LogP contribution < -0.4 is 10.6 Å². The van der Waals surface area contributed by atoms with Crippen LogP contribution in [0.4, 0.5) is 5.13 Å². The highest BCUT2D eigenvalue weighted by Gasteiger charge is 2.22. The van der Waals surface area contributed by atoms with E-state index in [2.05, 4.69) is 56.7 Å². The average Bonchev–Trinajstić information content (AvgIpc) is 3.15. The third-order valence-electron chi connectivity index (χ3n) is 3.76. The van der Waals surface area contributed by atoms with E-state index in [-0.39, 0.29) is 24.4 Å². The van der Waals surface area contributed by atoms with Gasteiger partial charge in [0, 0.05) is 22.0 Å². The molecule has 0 spiro atoms. The summed E-state index contributed by atoms with van der Waals surface area (Å²) in [6.45, 7) is 3.00. The first-order chi connectivity index (χ1) is 10.6. The maximum atomic E-state index is 12.1. The minimum atomic E-state index is -0.0681. The van der Waals surface area contributed by atoms with Crippen LogP contribution in [0.1, 0.15) is 28.8 Å². The van der Waals surface area contributed by atoms with E-state index in [1.807, 2.05) is 6.20 Å². The van der Waals surface area contributed by atoms with Crippen LogP contribution in [-0.4, -0.2) is 23.5 Å². The largest absolute Gasteiger partial charge is 0.306 e. The molecular weight excluding hydrogens is 398 g/mol. The first-order valence-electron chi connectivity index (χ1n) is 7.36. The van der Waals surface area contributed by atoms with Crippen molar-refractivity contribution in [3.05, 3.63) is 44.9 Å². The molecule has 23 heavy (non-hydrogen) atoms. The molecule has 7 heteroatoms. The van der Waals surface area contributed by atoms with E-state index >= 15 is 0 Å². The molecule has 0 radical (unpaired) electrons. The van der Waals surface area contributed by atoms with Gasteiger partial charge in [0.1, 0.15) is 0 Å². The third-order valence-corrected chi connectivity index (χ3v) is 5.56. The molecule has 1 atom stereocenters. The number of thiazole rings is 1. The maximum absolute atomic E-state index is 12.1. The summed E-state index contributed by atoms with van der Waals surface area (Å²) in [6, 6.07) is 6.28. The van der Waals surface area contributed by atoms with Gasteiger partial charge in [0.15, 0.2) is 5.13 Å². The summed E-state index contributed by atoms with van der Waals surface area (Å²) < 4.78 is 1.12. The lowest BCUT2D eigenvalue weighted by molar-refractivity contribution is -0.117. The molecule has 0 bridgehead atoms. The topological polar surface area (TPSA) is 54.0 Å². The number of halogens is 2. The van der Waals surface area contributed by atoms with E-state index in [0.29, 0.717) is 5.13 Å². The molecule has 1 saturated heterocycles. The Bertz CT molecular complexity index is 686. The van der Waals surface area contributed by atoms with Crippen molar-refractivity contribution in [3.63, 3.8) is 0 Å². The first-order valence-corrected chi connectivity index (χ1v) is 8.97. The van der Waals surface area contributed by atoms with Gasteiger partial charge in [0.25, 0.3) is 0 Å². The van der Waals surface area contributed by atoms with Crippen molar-refractivity contribution in [1.29, 1.82) is 0 Å². The smallest absolute Gasteiger partial charge is 0.243 e. The first kappa shape index (κ1) is 18.4. The fourth-order valence-corrected chi connectivity index (χ4v) is 3.66. The Morgan fingerprint density at radius 3 is 3.04 bits per heavy atom. The monoisotopic (exact) mass is 415 g/mol. The maximum Gasteiger partial charge on any atom is 0.243 e. The van der Waals surface area contributed by atoms with E-state index in [9.17, 15) is 4.79 Å². The molecule has 4 nitrogen and oxygen atoms in total. The van der Waals surface area contributed by atoms with Crippen LogP contribution in [0.15, 0.2) is 28.9 Å². The van der Waals surface area contributed by atoms with Crippen LogP contribution in [0.3, 0.4) is 0 Å². The predicted molar refractivity (Wildman–Crippen MR) is 101 cm³/mol. The Kier molecular flexibility index (Phi) is 6.59. The van der Waals surface area contributed by atoms with Crippen LogP contribution in [0.2, 0.25) is 0 Å². The highest BCUT2D eigenvalue weighted by Crippen LogP contribution is 2.24. The zero-order valence-corrected chi connectivity index (χ0v) is 16.0. The van der Waals surface area contributed by atoms with Crippen LogP contribution in [0.5, 0.6) is 0 Å². The van der Waals surface area contributed by atoms with Crippen molar-refractivity contribution in [1.82, 2.24) is 10.3 Å². The summed E-state index contributed by atoms with van der Waals surface area (Å²) in [7, 11) is 0. The summed E-state index contributed by atoms with van der Waals surface area (Å²) in [5, 5.41) is 6.79. The van der Waals surface area contributed by atoms with Crippen LogP contribution >= 0.6 is 39.7 Å². The van der Waals surface area contributed by atoms with Gasteiger partial charge in [-0.15, -0.1) is 23.7 Å². The number of aromatic nitrogens is 1. The summed E-state index contributed by atoms with van der Waals surface area (Å²) in [6.07, 6.45) is 4.65. The second-order valence-corrected chi connectivity index (χ2v) is 7.50. The molecule has 0 aliphatic carbocycles. The normalized spacial score (nSPS) is 16.9. The van der Waals surface area contributed by atoms with Gasteiger partial charge < -0.3 is 10.6 Å². The molecule has 2 heterocycles. The van der Waals surface area contributed by atoms with Crippen molar-refractivity contribution in [3.8, 4) is 0 Å². The van der Waals surface area contributed by atoms with E-state index in [0.717, 1.165) is 35.2 Å². The third kappa shape index (κ3) is 4.76. The number of anilines is 1. The average molecular weight is 417 g/mol. The molecule has 1 amide bonds. The van der Waals surface area contributed by atoms with Crippen molar-refractivity contribution in [2.24, 2.45) is 0 Å². The van der Waals surface area contributed by atoms with Crippen molar-refractivity contribution in [2.45, 2.75) is 32.2 Å². The number of hydrogen-bond acceptors (Lipinski definition) is 4. The van der Waals surface area contributed by atoms with Crippen LogP contribution in [0.25, 0.3) is 0 Å². The van der Waals surface area contributed by atoms with Crippen LogP contribution in [0, 0.1) is 6.92 Å². The lowest BCUT2D eigenvalue weighted by atomic mass is 10.1. The molecule has 124 valence electrons. The Labute approximate surface area is 154 Å². The number of amides is 1. The number of nitrogens with one attached hydrogen (secondary N) is 2. The number of aryl methyl sites for hydroxylation is 1. The molecule has 1 unspecified atom stereocenters. The molecule has 1 aliphatic heterocycles. The van der Waals surface area contributed by atoms with Gasteiger partial charge in [-0.3, -0.25) is 4.79 Å². The lowest BCUT2D eigenvalue weighted by Crippen LogP contribution is -2.35. The summed E-state index contributed by atoms with van der Waals surface area (Å²) in [5.41, 5.74) is 2.47. The second-order valence-electron chi connectivity index (χ2n) is 5.53. The number of benzene rings is 1.